The third-order valence-corrected chi connectivity index (χ3v) is 7.44. The number of carbonyl (C=O) groups excluding carboxylic acids is 2. The number of ether oxygens (including phenoxy) is 1. The van der Waals surface area contributed by atoms with Crippen LogP contribution in [0.2, 0.25) is 0 Å². The molecule has 1 saturated heterocycles. The van der Waals surface area contributed by atoms with Crippen LogP contribution in [0.5, 0.6) is 0 Å². The third-order valence-electron chi connectivity index (χ3n) is 7.44. The van der Waals surface area contributed by atoms with Crippen LogP contribution in [0.15, 0.2) is 48.8 Å². The summed E-state index contributed by atoms with van der Waals surface area (Å²) in [5.41, 5.74) is 2.94. The zero-order valence-corrected chi connectivity index (χ0v) is 21.0. The predicted octanol–water partition coefficient (Wildman–Crippen LogP) is 3.72. The molecule has 8 heteroatoms. The van der Waals surface area contributed by atoms with E-state index in [1.807, 2.05) is 48.2 Å². The largest absolute Gasteiger partial charge is 0.370 e. The Morgan fingerprint density at radius 3 is 2.72 bits per heavy atom. The standard InChI is InChI=1S/C28H35N5O3/c1-21-30-25-11-5-6-12-26(25)32(21)15-13-27(34)31-17-24(36-20-22-8-7-14-29-16-22)18-33(28(35)19-31)23-9-3-2-4-10-23/h5-8,11-12,14,16,23-24H,2-4,9-10,13,15,17-20H2,1H3. The van der Waals surface area contributed by atoms with Crippen molar-refractivity contribution in [3.05, 3.63) is 60.2 Å². The van der Waals surface area contributed by atoms with Crippen LogP contribution in [-0.2, 0) is 27.5 Å². The molecule has 190 valence electrons. The Hall–Kier alpha value is -3.26. The second-order valence-electron chi connectivity index (χ2n) is 9.96. The van der Waals surface area contributed by atoms with Gasteiger partial charge in [0.1, 0.15) is 5.82 Å². The van der Waals surface area contributed by atoms with E-state index in [1.54, 1.807) is 17.3 Å². The summed E-state index contributed by atoms with van der Waals surface area (Å²) in [5, 5.41) is 0. The normalized spacial score (nSPS) is 19.6. The van der Waals surface area contributed by atoms with Gasteiger partial charge in [-0.25, -0.2) is 4.98 Å². The van der Waals surface area contributed by atoms with Crippen molar-refractivity contribution in [2.24, 2.45) is 0 Å². The molecule has 1 unspecified atom stereocenters. The lowest BCUT2D eigenvalue weighted by Crippen LogP contribution is -2.46. The lowest BCUT2D eigenvalue weighted by molar-refractivity contribution is -0.140. The highest BCUT2D eigenvalue weighted by Crippen LogP contribution is 2.25. The summed E-state index contributed by atoms with van der Waals surface area (Å²) < 4.78 is 8.36. The molecule has 1 aliphatic carbocycles. The number of carbonyl (C=O) groups is 2. The lowest BCUT2D eigenvalue weighted by Gasteiger charge is -2.34. The number of para-hydroxylation sites is 2. The average Bonchev–Trinajstić information content (AvgIpc) is 3.13. The Morgan fingerprint density at radius 2 is 1.92 bits per heavy atom. The Morgan fingerprint density at radius 1 is 1.08 bits per heavy atom. The Kier molecular flexibility index (Phi) is 7.60. The van der Waals surface area contributed by atoms with E-state index < -0.39 is 0 Å². The first-order valence-corrected chi connectivity index (χ1v) is 13.1. The maximum absolute atomic E-state index is 13.4. The number of hydrogen-bond donors (Lipinski definition) is 0. The Bertz CT molecular complexity index is 1190. The second-order valence-corrected chi connectivity index (χ2v) is 9.96. The number of hydrogen-bond acceptors (Lipinski definition) is 5. The van der Waals surface area contributed by atoms with Crippen LogP contribution in [0.1, 0.15) is 49.9 Å². The van der Waals surface area contributed by atoms with Gasteiger partial charge in [0.25, 0.3) is 0 Å². The molecule has 1 aromatic carbocycles. The SMILES string of the molecule is Cc1nc2ccccc2n1CCC(=O)N1CC(=O)N(C2CCCCC2)CC(OCc2cccnc2)C1. The average molecular weight is 490 g/mol. The highest BCUT2D eigenvalue weighted by Gasteiger charge is 2.34. The minimum atomic E-state index is -0.238. The van der Waals surface area contributed by atoms with Crippen molar-refractivity contribution in [1.82, 2.24) is 24.3 Å². The van der Waals surface area contributed by atoms with Crippen LogP contribution in [-0.4, -0.2) is 67.9 Å². The van der Waals surface area contributed by atoms with E-state index in [0.717, 1.165) is 48.1 Å². The number of fused-ring (bicyclic) bond motifs is 1. The summed E-state index contributed by atoms with van der Waals surface area (Å²) in [6, 6.07) is 12.1. The number of aryl methyl sites for hydroxylation is 2. The van der Waals surface area contributed by atoms with Crippen LogP contribution >= 0.6 is 0 Å². The van der Waals surface area contributed by atoms with E-state index in [-0.39, 0.29) is 30.5 Å². The Labute approximate surface area is 212 Å². The highest BCUT2D eigenvalue weighted by atomic mass is 16.5. The molecule has 0 bridgehead atoms. The van der Waals surface area contributed by atoms with E-state index in [4.69, 9.17) is 4.74 Å². The van der Waals surface area contributed by atoms with E-state index in [1.165, 1.54) is 6.42 Å². The number of amides is 2. The number of benzene rings is 1. The maximum atomic E-state index is 13.4. The van der Waals surface area contributed by atoms with Gasteiger partial charge in [-0.2, -0.15) is 0 Å². The molecule has 1 atom stereocenters. The quantitative estimate of drug-likeness (QED) is 0.505. The van der Waals surface area contributed by atoms with Gasteiger partial charge in [-0.05, 0) is 43.5 Å². The molecule has 0 spiro atoms. The van der Waals surface area contributed by atoms with Crippen LogP contribution in [0, 0.1) is 6.92 Å². The van der Waals surface area contributed by atoms with Gasteiger partial charge in [0.2, 0.25) is 11.8 Å². The van der Waals surface area contributed by atoms with E-state index in [2.05, 4.69) is 14.5 Å². The van der Waals surface area contributed by atoms with Gasteiger partial charge in [-0.15, -0.1) is 0 Å². The van der Waals surface area contributed by atoms with Crippen LogP contribution < -0.4 is 0 Å². The molecule has 3 heterocycles. The molecule has 1 saturated carbocycles. The number of aromatic nitrogens is 3. The number of nitrogens with zero attached hydrogens (tertiary/aromatic N) is 5. The topological polar surface area (TPSA) is 80.6 Å². The fraction of sp³-hybridized carbons (Fsp3) is 0.500. The molecule has 2 amide bonds. The van der Waals surface area contributed by atoms with Crippen molar-refractivity contribution in [2.45, 2.75) is 70.7 Å². The lowest BCUT2D eigenvalue weighted by atomic mass is 9.94. The monoisotopic (exact) mass is 489 g/mol. The summed E-state index contributed by atoms with van der Waals surface area (Å²) in [6.45, 7) is 3.96. The van der Waals surface area contributed by atoms with Gasteiger partial charge >= 0.3 is 0 Å². The maximum Gasteiger partial charge on any atom is 0.242 e. The van der Waals surface area contributed by atoms with Crippen molar-refractivity contribution < 1.29 is 14.3 Å². The highest BCUT2D eigenvalue weighted by molar-refractivity contribution is 5.85. The summed E-state index contributed by atoms with van der Waals surface area (Å²) in [7, 11) is 0. The Balaban J connectivity index is 1.29. The zero-order chi connectivity index (χ0) is 24.9. The van der Waals surface area contributed by atoms with Crippen molar-refractivity contribution in [2.75, 3.05) is 19.6 Å². The molecular formula is C28H35N5O3. The van der Waals surface area contributed by atoms with Crippen molar-refractivity contribution in [3.8, 4) is 0 Å². The van der Waals surface area contributed by atoms with Gasteiger partial charge in [0, 0.05) is 44.5 Å². The molecule has 0 N–H and O–H groups in total. The molecule has 1 aliphatic heterocycles. The predicted molar refractivity (Wildman–Crippen MR) is 137 cm³/mol. The first-order chi connectivity index (χ1) is 17.6. The van der Waals surface area contributed by atoms with Gasteiger partial charge in [0.15, 0.2) is 0 Å². The first kappa shape index (κ1) is 24.4. The summed E-state index contributed by atoms with van der Waals surface area (Å²) >= 11 is 0. The molecule has 36 heavy (non-hydrogen) atoms. The molecule has 5 rings (SSSR count). The number of pyridine rings is 1. The first-order valence-electron chi connectivity index (χ1n) is 13.1. The van der Waals surface area contributed by atoms with Gasteiger partial charge in [-0.1, -0.05) is 37.5 Å². The zero-order valence-electron chi connectivity index (χ0n) is 21.0. The third kappa shape index (κ3) is 5.59. The minimum Gasteiger partial charge on any atom is -0.370 e. The van der Waals surface area contributed by atoms with Crippen LogP contribution in [0.3, 0.4) is 0 Å². The molecule has 0 radical (unpaired) electrons. The van der Waals surface area contributed by atoms with Crippen LogP contribution in [0.25, 0.3) is 11.0 Å². The summed E-state index contributed by atoms with van der Waals surface area (Å²) in [5.74, 6) is 0.894. The number of imidazole rings is 1. The summed E-state index contributed by atoms with van der Waals surface area (Å²) in [4.78, 5) is 39.2. The molecular weight excluding hydrogens is 454 g/mol. The minimum absolute atomic E-state index is 0.0268. The van der Waals surface area contributed by atoms with Gasteiger partial charge in [0.05, 0.1) is 30.3 Å². The van der Waals surface area contributed by atoms with E-state index in [9.17, 15) is 9.59 Å². The fourth-order valence-electron chi connectivity index (χ4n) is 5.53. The smallest absolute Gasteiger partial charge is 0.242 e. The fourth-order valence-corrected chi connectivity index (χ4v) is 5.53. The second kappa shape index (κ2) is 11.2. The van der Waals surface area contributed by atoms with Crippen molar-refractivity contribution >= 4 is 22.8 Å². The molecule has 3 aromatic rings. The molecule has 8 nitrogen and oxygen atoms in total. The van der Waals surface area contributed by atoms with Crippen molar-refractivity contribution in [1.29, 1.82) is 0 Å². The van der Waals surface area contributed by atoms with Crippen molar-refractivity contribution in [3.63, 3.8) is 0 Å². The number of rotatable bonds is 7. The van der Waals surface area contributed by atoms with Gasteiger partial charge in [-0.3, -0.25) is 14.6 Å². The van der Waals surface area contributed by atoms with E-state index >= 15 is 0 Å². The van der Waals surface area contributed by atoms with E-state index in [0.29, 0.717) is 32.7 Å². The van der Waals surface area contributed by atoms with Gasteiger partial charge < -0.3 is 19.1 Å². The van der Waals surface area contributed by atoms with Crippen LogP contribution in [0.4, 0.5) is 0 Å². The molecule has 2 aliphatic rings. The molecule has 2 aromatic heterocycles. The molecule has 2 fully saturated rings. The summed E-state index contributed by atoms with van der Waals surface area (Å²) in [6.07, 6.45) is 9.20.